The number of hydrogen-bond donors (Lipinski definition) is 1. The van der Waals surface area contributed by atoms with Gasteiger partial charge in [0.2, 0.25) is 5.91 Å². The van der Waals surface area contributed by atoms with Crippen molar-refractivity contribution in [3.05, 3.63) is 0 Å². The molecule has 0 spiro atoms. The third-order valence-corrected chi connectivity index (χ3v) is 3.08. The van der Waals surface area contributed by atoms with Crippen LogP contribution in [-0.4, -0.2) is 43.2 Å². The zero-order valence-corrected chi connectivity index (χ0v) is 11.0. The highest BCUT2D eigenvalue weighted by molar-refractivity contribution is 5.79. The van der Waals surface area contributed by atoms with Gasteiger partial charge in [0.1, 0.15) is 0 Å². The van der Waals surface area contributed by atoms with E-state index in [1.54, 1.807) is 7.11 Å². The van der Waals surface area contributed by atoms with Crippen molar-refractivity contribution in [1.82, 2.24) is 4.90 Å². The van der Waals surface area contributed by atoms with Gasteiger partial charge in [0.25, 0.3) is 0 Å². The lowest BCUT2D eigenvalue weighted by atomic mass is 10.1. The maximum atomic E-state index is 11.4. The largest absolute Gasteiger partial charge is 0.383 e. The molecular formula is C12H26N2O2. The number of hydrogen-bond acceptors (Lipinski definition) is 3. The predicted molar refractivity (Wildman–Crippen MR) is 66.2 cm³/mol. The summed E-state index contributed by atoms with van der Waals surface area (Å²) in [4.78, 5) is 13.6. The zero-order chi connectivity index (χ0) is 12.6. The lowest BCUT2D eigenvalue weighted by Gasteiger charge is -2.35. The molecule has 16 heavy (non-hydrogen) atoms. The highest BCUT2D eigenvalue weighted by Crippen LogP contribution is 2.14. The Bertz CT molecular complexity index is 193. The SMILES string of the molecule is CCC(CC)N(CCOC)C(CC)C(N)=O. The molecule has 2 N–H and O–H groups in total. The number of amides is 1. The number of nitrogens with zero attached hydrogens (tertiary/aromatic N) is 1. The molecular weight excluding hydrogens is 204 g/mol. The Kier molecular flexibility index (Phi) is 8.21. The molecule has 0 heterocycles. The first kappa shape index (κ1) is 15.4. The molecule has 1 amide bonds. The van der Waals surface area contributed by atoms with E-state index in [2.05, 4.69) is 18.7 Å². The summed E-state index contributed by atoms with van der Waals surface area (Å²) in [5.74, 6) is -0.231. The van der Waals surface area contributed by atoms with Gasteiger partial charge >= 0.3 is 0 Å². The first-order chi connectivity index (χ1) is 7.62. The number of nitrogens with two attached hydrogens (primary N) is 1. The smallest absolute Gasteiger partial charge is 0.234 e. The Labute approximate surface area is 99.1 Å². The third-order valence-electron chi connectivity index (χ3n) is 3.08. The first-order valence-electron chi connectivity index (χ1n) is 6.16. The summed E-state index contributed by atoms with van der Waals surface area (Å²) in [5, 5.41) is 0. The third kappa shape index (κ3) is 4.49. The second-order valence-electron chi connectivity index (χ2n) is 4.03. The monoisotopic (exact) mass is 230 g/mol. The summed E-state index contributed by atoms with van der Waals surface area (Å²) in [6, 6.07) is 0.243. The number of rotatable bonds is 9. The van der Waals surface area contributed by atoms with Gasteiger partial charge in [-0.25, -0.2) is 0 Å². The van der Waals surface area contributed by atoms with E-state index in [4.69, 9.17) is 10.5 Å². The molecule has 1 unspecified atom stereocenters. The predicted octanol–water partition coefficient (Wildman–Crippen LogP) is 1.39. The van der Waals surface area contributed by atoms with Crippen LogP contribution < -0.4 is 5.73 Å². The lowest BCUT2D eigenvalue weighted by molar-refractivity contribution is -0.124. The highest BCUT2D eigenvalue weighted by atomic mass is 16.5. The van der Waals surface area contributed by atoms with Gasteiger partial charge in [-0.05, 0) is 19.3 Å². The van der Waals surface area contributed by atoms with Crippen LogP contribution in [0.15, 0.2) is 0 Å². The summed E-state index contributed by atoms with van der Waals surface area (Å²) in [5.41, 5.74) is 5.45. The highest BCUT2D eigenvalue weighted by Gasteiger charge is 2.26. The summed E-state index contributed by atoms with van der Waals surface area (Å²) >= 11 is 0. The van der Waals surface area contributed by atoms with Gasteiger partial charge in [0.05, 0.1) is 12.6 Å². The molecule has 0 aliphatic rings. The minimum absolute atomic E-state index is 0.167. The Balaban J connectivity index is 4.66. The second-order valence-corrected chi connectivity index (χ2v) is 4.03. The zero-order valence-electron chi connectivity index (χ0n) is 11.0. The standard InChI is InChI=1S/C12H26N2O2/c1-5-10(6-2)14(8-9-16-4)11(7-3)12(13)15/h10-11H,5-9H2,1-4H3,(H2,13,15). The van der Waals surface area contributed by atoms with E-state index in [9.17, 15) is 4.79 Å². The van der Waals surface area contributed by atoms with Gasteiger partial charge in [0, 0.05) is 19.7 Å². The lowest BCUT2D eigenvalue weighted by Crippen LogP contribution is -2.50. The maximum Gasteiger partial charge on any atom is 0.234 e. The fraction of sp³-hybridized carbons (Fsp3) is 0.917. The fourth-order valence-corrected chi connectivity index (χ4v) is 2.15. The molecule has 0 aromatic carbocycles. The summed E-state index contributed by atoms with van der Waals surface area (Å²) in [7, 11) is 1.68. The average molecular weight is 230 g/mol. The van der Waals surface area contributed by atoms with Gasteiger partial charge in [-0.3, -0.25) is 9.69 Å². The van der Waals surface area contributed by atoms with Gasteiger partial charge in [-0.2, -0.15) is 0 Å². The van der Waals surface area contributed by atoms with Crippen molar-refractivity contribution in [2.75, 3.05) is 20.3 Å². The van der Waals surface area contributed by atoms with Crippen molar-refractivity contribution in [1.29, 1.82) is 0 Å². The summed E-state index contributed by atoms with van der Waals surface area (Å²) < 4.78 is 5.09. The van der Waals surface area contributed by atoms with Crippen LogP contribution in [0.1, 0.15) is 40.0 Å². The molecule has 0 saturated carbocycles. The average Bonchev–Trinajstić information content (AvgIpc) is 2.27. The van der Waals surface area contributed by atoms with E-state index in [0.717, 1.165) is 25.8 Å². The Morgan fingerprint density at radius 1 is 1.25 bits per heavy atom. The van der Waals surface area contributed by atoms with E-state index >= 15 is 0 Å². The molecule has 0 bridgehead atoms. The molecule has 0 rings (SSSR count). The van der Waals surface area contributed by atoms with Gasteiger partial charge < -0.3 is 10.5 Å². The number of carbonyl (C=O) groups is 1. The van der Waals surface area contributed by atoms with Gasteiger partial charge in [-0.1, -0.05) is 20.8 Å². The Hall–Kier alpha value is -0.610. The molecule has 0 aromatic heterocycles. The minimum Gasteiger partial charge on any atom is -0.383 e. The van der Waals surface area contributed by atoms with Crippen molar-refractivity contribution < 1.29 is 9.53 Å². The number of ether oxygens (including phenoxy) is 1. The van der Waals surface area contributed by atoms with E-state index in [1.165, 1.54) is 0 Å². The molecule has 0 radical (unpaired) electrons. The Morgan fingerprint density at radius 2 is 1.81 bits per heavy atom. The van der Waals surface area contributed by atoms with Crippen molar-refractivity contribution in [3.8, 4) is 0 Å². The fourth-order valence-electron chi connectivity index (χ4n) is 2.15. The molecule has 0 aliphatic heterocycles. The van der Waals surface area contributed by atoms with E-state index < -0.39 is 0 Å². The van der Waals surface area contributed by atoms with E-state index in [0.29, 0.717) is 12.6 Å². The van der Waals surface area contributed by atoms with Crippen LogP contribution >= 0.6 is 0 Å². The number of methoxy groups -OCH3 is 1. The molecule has 0 saturated heterocycles. The van der Waals surface area contributed by atoms with Crippen LogP contribution in [0.25, 0.3) is 0 Å². The van der Waals surface area contributed by atoms with E-state index in [-0.39, 0.29) is 11.9 Å². The van der Waals surface area contributed by atoms with Gasteiger partial charge in [0.15, 0.2) is 0 Å². The normalized spacial score (nSPS) is 13.4. The Morgan fingerprint density at radius 3 is 2.12 bits per heavy atom. The molecule has 4 heteroatoms. The minimum atomic E-state index is -0.231. The van der Waals surface area contributed by atoms with Crippen LogP contribution in [-0.2, 0) is 9.53 Å². The molecule has 1 atom stereocenters. The van der Waals surface area contributed by atoms with Crippen LogP contribution in [0.5, 0.6) is 0 Å². The topological polar surface area (TPSA) is 55.6 Å². The molecule has 96 valence electrons. The van der Waals surface area contributed by atoms with Gasteiger partial charge in [-0.15, -0.1) is 0 Å². The van der Waals surface area contributed by atoms with Crippen LogP contribution in [0, 0.1) is 0 Å². The van der Waals surface area contributed by atoms with Crippen LogP contribution in [0.2, 0.25) is 0 Å². The second kappa shape index (κ2) is 8.53. The number of primary amides is 1. The molecule has 4 nitrogen and oxygen atoms in total. The molecule has 0 aliphatic carbocycles. The van der Waals surface area contributed by atoms with Crippen molar-refractivity contribution in [2.24, 2.45) is 5.73 Å². The molecule has 0 fully saturated rings. The van der Waals surface area contributed by atoms with E-state index in [1.807, 2.05) is 6.92 Å². The quantitative estimate of drug-likeness (QED) is 0.651. The van der Waals surface area contributed by atoms with Crippen molar-refractivity contribution >= 4 is 5.91 Å². The summed E-state index contributed by atoms with van der Waals surface area (Å²) in [6.45, 7) is 7.69. The van der Waals surface area contributed by atoms with Crippen LogP contribution in [0.3, 0.4) is 0 Å². The first-order valence-corrected chi connectivity index (χ1v) is 6.16. The maximum absolute atomic E-state index is 11.4. The van der Waals surface area contributed by atoms with Crippen molar-refractivity contribution in [3.63, 3.8) is 0 Å². The summed E-state index contributed by atoms with van der Waals surface area (Å²) in [6.07, 6.45) is 2.82. The number of carbonyl (C=O) groups excluding carboxylic acids is 1. The van der Waals surface area contributed by atoms with Crippen LogP contribution in [0.4, 0.5) is 0 Å². The van der Waals surface area contributed by atoms with Crippen molar-refractivity contribution in [2.45, 2.75) is 52.1 Å². The molecule has 0 aromatic rings.